The molecule has 3 heterocycles. The molecule has 1 aromatic carbocycles. The first-order valence-electron chi connectivity index (χ1n) is 10.1. The Bertz CT molecular complexity index is 1280. The second-order valence-electron chi connectivity index (χ2n) is 7.89. The quantitative estimate of drug-likeness (QED) is 0.554. The highest BCUT2D eigenvalue weighted by Gasteiger charge is 2.53. The highest BCUT2D eigenvalue weighted by Crippen LogP contribution is 2.52. The molecular formula is C23H18ClF2N3O4. The molecule has 1 N–H and O–H groups in total. The molecule has 0 bridgehead atoms. The van der Waals surface area contributed by atoms with Crippen LogP contribution in [0.1, 0.15) is 24.0 Å². The molecule has 0 unspecified atom stereocenters. The molecule has 3 aromatic rings. The van der Waals surface area contributed by atoms with Crippen molar-refractivity contribution in [2.24, 2.45) is 0 Å². The SMILES string of the molecule is COc1ncccc1-c1nc(NC(=O)C2(c3ccc4c(c3)OC(F)(F)O4)CC2)cc(Cl)c1C. The summed E-state index contributed by atoms with van der Waals surface area (Å²) in [6, 6.07) is 9.51. The number of nitrogens with zero attached hydrogens (tertiary/aromatic N) is 2. The van der Waals surface area contributed by atoms with Crippen LogP contribution in [0.5, 0.6) is 17.4 Å². The minimum atomic E-state index is -3.72. The molecule has 0 saturated heterocycles. The van der Waals surface area contributed by atoms with Gasteiger partial charge in [0, 0.05) is 11.2 Å². The monoisotopic (exact) mass is 473 g/mol. The van der Waals surface area contributed by atoms with E-state index in [2.05, 4.69) is 24.8 Å². The fraction of sp³-hybridized carbons (Fsp3) is 0.261. The highest BCUT2D eigenvalue weighted by atomic mass is 35.5. The Morgan fingerprint density at radius 3 is 2.67 bits per heavy atom. The molecule has 2 aliphatic rings. The minimum absolute atomic E-state index is 0.0676. The highest BCUT2D eigenvalue weighted by molar-refractivity contribution is 6.32. The Hall–Kier alpha value is -3.46. The molecular weight excluding hydrogens is 456 g/mol. The number of alkyl halides is 2. The van der Waals surface area contributed by atoms with E-state index in [4.69, 9.17) is 16.3 Å². The van der Waals surface area contributed by atoms with Crippen molar-refractivity contribution in [2.45, 2.75) is 31.5 Å². The lowest BCUT2D eigenvalue weighted by Crippen LogP contribution is -2.28. The van der Waals surface area contributed by atoms with E-state index in [1.165, 1.54) is 19.2 Å². The van der Waals surface area contributed by atoms with Crippen molar-refractivity contribution in [3.05, 3.63) is 58.7 Å². The molecule has 33 heavy (non-hydrogen) atoms. The Labute approximate surface area is 192 Å². The van der Waals surface area contributed by atoms with Gasteiger partial charge < -0.3 is 19.5 Å². The molecule has 0 spiro atoms. The van der Waals surface area contributed by atoms with Gasteiger partial charge >= 0.3 is 6.29 Å². The van der Waals surface area contributed by atoms with Crippen molar-refractivity contribution < 1.29 is 27.8 Å². The predicted octanol–water partition coefficient (Wildman–Crippen LogP) is 5.11. The third kappa shape index (κ3) is 3.72. The number of fused-ring (bicyclic) bond motifs is 1. The van der Waals surface area contributed by atoms with Crippen LogP contribution in [-0.2, 0) is 10.2 Å². The first-order chi connectivity index (χ1) is 15.7. The summed E-state index contributed by atoms with van der Waals surface area (Å²) in [5.41, 5.74) is 1.55. The second kappa shape index (κ2) is 7.55. The fourth-order valence-corrected chi connectivity index (χ4v) is 4.09. The number of ether oxygens (including phenoxy) is 3. The number of pyridine rings is 2. The van der Waals surface area contributed by atoms with Crippen molar-refractivity contribution in [1.29, 1.82) is 0 Å². The molecule has 7 nitrogen and oxygen atoms in total. The van der Waals surface area contributed by atoms with E-state index in [0.717, 1.165) is 0 Å². The number of amides is 1. The molecule has 2 aromatic heterocycles. The first kappa shape index (κ1) is 21.4. The van der Waals surface area contributed by atoms with E-state index in [9.17, 15) is 13.6 Å². The molecule has 1 aliphatic carbocycles. The maximum absolute atomic E-state index is 13.4. The Morgan fingerprint density at radius 1 is 1.18 bits per heavy atom. The van der Waals surface area contributed by atoms with Gasteiger partial charge in [0.05, 0.1) is 23.8 Å². The topological polar surface area (TPSA) is 82.6 Å². The zero-order valence-corrected chi connectivity index (χ0v) is 18.4. The van der Waals surface area contributed by atoms with E-state index in [-0.39, 0.29) is 23.2 Å². The number of aromatic nitrogens is 2. The van der Waals surface area contributed by atoms with Crippen LogP contribution in [0.4, 0.5) is 14.6 Å². The molecule has 1 aliphatic heterocycles. The van der Waals surface area contributed by atoms with Crippen LogP contribution in [0.15, 0.2) is 42.6 Å². The van der Waals surface area contributed by atoms with Crippen LogP contribution in [-0.4, -0.2) is 29.3 Å². The number of carbonyl (C=O) groups excluding carboxylic acids is 1. The zero-order chi connectivity index (χ0) is 23.4. The fourth-order valence-electron chi connectivity index (χ4n) is 3.89. The van der Waals surface area contributed by atoms with Gasteiger partial charge in [-0.2, -0.15) is 0 Å². The number of rotatable bonds is 5. The van der Waals surface area contributed by atoms with E-state index in [1.807, 2.05) is 6.92 Å². The summed E-state index contributed by atoms with van der Waals surface area (Å²) < 4.78 is 41.1. The van der Waals surface area contributed by atoms with Crippen molar-refractivity contribution in [1.82, 2.24) is 9.97 Å². The molecule has 5 rings (SSSR count). The van der Waals surface area contributed by atoms with E-state index in [0.29, 0.717) is 46.1 Å². The largest absolute Gasteiger partial charge is 0.586 e. The molecule has 0 atom stereocenters. The Morgan fingerprint density at radius 2 is 1.94 bits per heavy atom. The number of halogens is 3. The number of hydrogen-bond acceptors (Lipinski definition) is 6. The van der Waals surface area contributed by atoms with E-state index >= 15 is 0 Å². The molecule has 0 radical (unpaired) electrons. The van der Waals surface area contributed by atoms with E-state index < -0.39 is 11.7 Å². The van der Waals surface area contributed by atoms with Gasteiger partial charge in [0.15, 0.2) is 11.5 Å². The summed E-state index contributed by atoms with van der Waals surface area (Å²) in [5, 5.41) is 3.24. The van der Waals surface area contributed by atoms with Crippen LogP contribution in [0.2, 0.25) is 5.02 Å². The number of benzene rings is 1. The van der Waals surface area contributed by atoms with Gasteiger partial charge in [0.2, 0.25) is 11.8 Å². The van der Waals surface area contributed by atoms with Gasteiger partial charge in [-0.25, -0.2) is 9.97 Å². The van der Waals surface area contributed by atoms with Gasteiger partial charge in [-0.15, -0.1) is 8.78 Å². The summed E-state index contributed by atoms with van der Waals surface area (Å²) in [6.07, 6.45) is -1.01. The average molecular weight is 474 g/mol. The second-order valence-corrected chi connectivity index (χ2v) is 8.30. The third-order valence-corrected chi connectivity index (χ3v) is 6.20. The van der Waals surface area contributed by atoms with Gasteiger partial charge in [-0.3, -0.25) is 4.79 Å². The normalized spacial score (nSPS) is 16.9. The van der Waals surface area contributed by atoms with E-state index in [1.54, 1.807) is 30.5 Å². The van der Waals surface area contributed by atoms with Crippen molar-refractivity contribution in [3.8, 4) is 28.6 Å². The average Bonchev–Trinajstić information content (AvgIpc) is 3.53. The molecule has 170 valence electrons. The zero-order valence-electron chi connectivity index (χ0n) is 17.6. The van der Waals surface area contributed by atoms with Gasteiger partial charge in [-0.1, -0.05) is 17.7 Å². The summed E-state index contributed by atoms with van der Waals surface area (Å²) in [5.74, 6) is 0.157. The van der Waals surface area contributed by atoms with Gasteiger partial charge in [0.25, 0.3) is 0 Å². The predicted molar refractivity (Wildman–Crippen MR) is 116 cm³/mol. The first-order valence-corrected chi connectivity index (χ1v) is 10.5. The number of nitrogens with one attached hydrogen (secondary N) is 1. The lowest BCUT2D eigenvalue weighted by Gasteiger charge is -2.17. The minimum Gasteiger partial charge on any atom is -0.481 e. The number of methoxy groups -OCH3 is 1. The lowest BCUT2D eigenvalue weighted by atomic mass is 9.94. The number of anilines is 1. The van der Waals surface area contributed by atoms with Crippen molar-refractivity contribution in [2.75, 3.05) is 12.4 Å². The van der Waals surface area contributed by atoms with Crippen LogP contribution < -0.4 is 19.5 Å². The summed E-state index contributed by atoms with van der Waals surface area (Å²) >= 11 is 6.43. The smallest absolute Gasteiger partial charge is 0.481 e. The van der Waals surface area contributed by atoms with Crippen LogP contribution in [0.25, 0.3) is 11.3 Å². The van der Waals surface area contributed by atoms with Gasteiger partial charge in [-0.05, 0) is 61.2 Å². The Kier molecular flexibility index (Phi) is 4.89. The maximum Gasteiger partial charge on any atom is 0.586 e. The molecule has 1 amide bonds. The summed E-state index contributed by atoms with van der Waals surface area (Å²) in [7, 11) is 1.51. The molecule has 10 heteroatoms. The maximum atomic E-state index is 13.4. The number of hydrogen-bond donors (Lipinski definition) is 1. The third-order valence-electron chi connectivity index (χ3n) is 5.81. The van der Waals surface area contributed by atoms with Gasteiger partial charge in [0.1, 0.15) is 5.82 Å². The van der Waals surface area contributed by atoms with Crippen LogP contribution >= 0.6 is 11.6 Å². The molecule has 1 fully saturated rings. The van der Waals surface area contributed by atoms with Crippen molar-refractivity contribution >= 4 is 23.3 Å². The molecule has 1 saturated carbocycles. The Balaban J connectivity index is 1.45. The standard InChI is InChI=1S/C23H18ClF2N3O4/c1-12-15(24)11-18(28-19(12)14-4-3-9-27-20(14)31-2)29-21(30)22(7-8-22)13-5-6-16-17(10-13)33-23(25,26)32-16/h3-6,9-11H,7-8H2,1-2H3,(H,28,29,30). The summed E-state index contributed by atoms with van der Waals surface area (Å²) in [4.78, 5) is 22.0. The van der Waals surface area contributed by atoms with Crippen LogP contribution in [0, 0.1) is 6.92 Å². The van der Waals surface area contributed by atoms with Crippen LogP contribution in [0.3, 0.4) is 0 Å². The lowest BCUT2D eigenvalue weighted by molar-refractivity contribution is -0.286. The summed E-state index contributed by atoms with van der Waals surface area (Å²) in [6.45, 7) is 1.81. The van der Waals surface area contributed by atoms with Crippen molar-refractivity contribution in [3.63, 3.8) is 0 Å². The number of carbonyl (C=O) groups is 1.